The molecule has 0 amide bonds. The van der Waals surface area contributed by atoms with Crippen molar-refractivity contribution >= 4 is 11.2 Å². The number of hydrogen-bond donors (Lipinski definition) is 0. The van der Waals surface area contributed by atoms with Crippen molar-refractivity contribution in [3.8, 4) is 0 Å². The molecule has 0 bridgehead atoms. The Balaban J connectivity index is 1.75. The Bertz CT molecular complexity index is 828. The van der Waals surface area contributed by atoms with Gasteiger partial charge in [0.05, 0.1) is 11.6 Å². The maximum atomic E-state index is 14.1. The first-order valence-corrected chi connectivity index (χ1v) is 7.37. The molecule has 4 rings (SSSR count). The third-order valence-corrected chi connectivity index (χ3v) is 4.28. The molecule has 3 heterocycles. The summed E-state index contributed by atoms with van der Waals surface area (Å²) in [5.41, 5.74) is 2.44. The fraction of sp³-hybridized carbons (Fsp3) is 0.235. The standard InChI is InChI=1S/C17H15F2N3/c18-12-3-4-16(19)15(10-12)17-2-1-8-21(17)13-6-9-22-14(11-13)5-7-20-22/h3-7,9-11,17H,1-2,8H2/t17-/m0/s1. The normalized spacial score (nSPS) is 18.3. The first-order valence-electron chi connectivity index (χ1n) is 7.37. The lowest BCUT2D eigenvalue weighted by Crippen LogP contribution is -2.23. The van der Waals surface area contributed by atoms with Gasteiger partial charge in [0, 0.05) is 30.2 Å². The Morgan fingerprint density at radius 3 is 2.91 bits per heavy atom. The van der Waals surface area contributed by atoms with Crippen molar-refractivity contribution in [1.29, 1.82) is 0 Å². The summed E-state index contributed by atoms with van der Waals surface area (Å²) in [6.45, 7) is 0.838. The second-order valence-corrected chi connectivity index (χ2v) is 5.60. The van der Waals surface area contributed by atoms with Gasteiger partial charge in [0.2, 0.25) is 0 Å². The van der Waals surface area contributed by atoms with E-state index in [1.807, 2.05) is 24.4 Å². The van der Waals surface area contributed by atoms with Crippen LogP contribution in [0, 0.1) is 11.6 Å². The predicted octanol–water partition coefficient (Wildman–Crippen LogP) is 3.95. The maximum Gasteiger partial charge on any atom is 0.128 e. The second-order valence-electron chi connectivity index (χ2n) is 5.60. The molecule has 0 spiro atoms. The molecule has 1 fully saturated rings. The highest BCUT2D eigenvalue weighted by Gasteiger charge is 2.28. The molecule has 1 saturated heterocycles. The Labute approximate surface area is 126 Å². The highest BCUT2D eigenvalue weighted by atomic mass is 19.1. The average molecular weight is 299 g/mol. The molecule has 0 aliphatic carbocycles. The minimum atomic E-state index is -0.394. The summed E-state index contributed by atoms with van der Waals surface area (Å²) < 4.78 is 29.4. The molecule has 3 nitrogen and oxygen atoms in total. The molecule has 0 saturated carbocycles. The average Bonchev–Trinajstić information content (AvgIpc) is 3.17. The molecular weight excluding hydrogens is 284 g/mol. The van der Waals surface area contributed by atoms with Gasteiger partial charge in [-0.05, 0) is 49.2 Å². The number of aromatic nitrogens is 2. The highest BCUT2D eigenvalue weighted by molar-refractivity contribution is 5.60. The van der Waals surface area contributed by atoms with Gasteiger partial charge in [-0.2, -0.15) is 5.10 Å². The number of pyridine rings is 1. The van der Waals surface area contributed by atoms with Crippen LogP contribution in [0.15, 0.2) is 48.8 Å². The van der Waals surface area contributed by atoms with E-state index in [-0.39, 0.29) is 11.9 Å². The van der Waals surface area contributed by atoms with Gasteiger partial charge in [-0.25, -0.2) is 13.3 Å². The second kappa shape index (κ2) is 5.09. The summed E-state index contributed by atoms with van der Waals surface area (Å²) in [4.78, 5) is 2.14. The molecule has 0 unspecified atom stereocenters. The van der Waals surface area contributed by atoms with E-state index in [1.54, 1.807) is 10.7 Å². The zero-order valence-electron chi connectivity index (χ0n) is 11.9. The summed E-state index contributed by atoms with van der Waals surface area (Å²) in [7, 11) is 0. The van der Waals surface area contributed by atoms with Crippen LogP contribution < -0.4 is 4.90 Å². The lowest BCUT2D eigenvalue weighted by atomic mass is 10.0. The van der Waals surface area contributed by atoms with E-state index >= 15 is 0 Å². The molecule has 1 atom stereocenters. The molecule has 0 N–H and O–H groups in total. The maximum absolute atomic E-state index is 14.1. The van der Waals surface area contributed by atoms with E-state index in [2.05, 4.69) is 10.00 Å². The van der Waals surface area contributed by atoms with Crippen LogP contribution in [-0.2, 0) is 0 Å². The van der Waals surface area contributed by atoms with E-state index in [0.717, 1.165) is 36.7 Å². The third kappa shape index (κ3) is 2.13. The Hall–Kier alpha value is -2.43. The van der Waals surface area contributed by atoms with Gasteiger partial charge in [0.25, 0.3) is 0 Å². The molecule has 1 aliphatic rings. The summed E-state index contributed by atoms with van der Waals surface area (Å²) in [5.74, 6) is -0.738. The van der Waals surface area contributed by atoms with Crippen LogP contribution in [0.2, 0.25) is 0 Å². The summed E-state index contributed by atoms with van der Waals surface area (Å²) in [6, 6.07) is 9.49. The van der Waals surface area contributed by atoms with Gasteiger partial charge in [-0.15, -0.1) is 0 Å². The van der Waals surface area contributed by atoms with Crippen molar-refractivity contribution < 1.29 is 8.78 Å². The molecule has 1 aliphatic heterocycles. The number of fused-ring (bicyclic) bond motifs is 1. The topological polar surface area (TPSA) is 20.5 Å². The molecule has 3 aromatic rings. The van der Waals surface area contributed by atoms with Crippen molar-refractivity contribution in [2.24, 2.45) is 0 Å². The Morgan fingerprint density at radius 1 is 1.09 bits per heavy atom. The third-order valence-electron chi connectivity index (χ3n) is 4.28. The van der Waals surface area contributed by atoms with E-state index in [0.29, 0.717) is 5.56 Å². The highest BCUT2D eigenvalue weighted by Crippen LogP contribution is 2.37. The van der Waals surface area contributed by atoms with Gasteiger partial charge >= 0.3 is 0 Å². The van der Waals surface area contributed by atoms with Crippen LogP contribution in [0.4, 0.5) is 14.5 Å². The SMILES string of the molecule is Fc1ccc(F)c([C@@H]2CCCN2c2ccn3nccc3c2)c1. The summed E-state index contributed by atoms with van der Waals surface area (Å²) >= 11 is 0. The van der Waals surface area contributed by atoms with Crippen LogP contribution in [0.5, 0.6) is 0 Å². The van der Waals surface area contributed by atoms with Gasteiger partial charge in [0.15, 0.2) is 0 Å². The number of nitrogens with zero attached hydrogens (tertiary/aromatic N) is 3. The van der Waals surface area contributed by atoms with E-state index in [9.17, 15) is 8.78 Å². The van der Waals surface area contributed by atoms with E-state index < -0.39 is 5.82 Å². The van der Waals surface area contributed by atoms with Crippen molar-refractivity contribution in [1.82, 2.24) is 9.61 Å². The number of rotatable bonds is 2. The smallest absolute Gasteiger partial charge is 0.128 e. The fourth-order valence-electron chi connectivity index (χ4n) is 3.26. The van der Waals surface area contributed by atoms with Crippen molar-refractivity contribution in [2.75, 3.05) is 11.4 Å². The number of benzene rings is 1. The van der Waals surface area contributed by atoms with Crippen molar-refractivity contribution in [3.05, 3.63) is 66.0 Å². The van der Waals surface area contributed by atoms with Crippen LogP contribution in [0.3, 0.4) is 0 Å². The van der Waals surface area contributed by atoms with E-state index in [1.165, 1.54) is 12.1 Å². The lowest BCUT2D eigenvalue weighted by molar-refractivity contribution is 0.561. The Kier molecular flexibility index (Phi) is 3.06. The molecule has 2 aromatic heterocycles. The molecule has 112 valence electrons. The van der Waals surface area contributed by atoms with Gasteiger partial charge in [-0.3, -0.25) is 0 Å². The molecule has 1 aromatic carbocycles. The van der Waals surface area contributed by atoms with Gasteiger partial charge in [-0.1, -0.05) is 0 Å². The van der Waals surface area contributed by atoms with E-state index in [4.69, 9.17) is 0 Å². The first-order chi connectivity index (χ1) is 10.7. The largest absolute Gasteiger partial charge is 0.364 e. The van der Waals surface area contributed by atoms with Crippen molar-refractivity contribution in [3.63, 3.8) is 0 Å². The predicted molar refractivity (Wildman–Crippen MR) is 80.9 cm³/mol. The zero-order chi connectivity index (χ0) is 15.1. The molecule has 0 radical (unpaired) electrons. The quantitative estimate of drug-likeness (QED) is 0.714. The van der Waals surface area contributed by atoms with Crippen LogP contribution in [0.1, 0.15) is 24.4 Å². The molecule has 5 heteroatoms. The number of halogens is 2. The number of anilines is 1. The monoisotopic (exact) mass is 299 g/mol. The van der Waals surface area contributed by atoms with Gasteiger partial charge in [0.1, 0.15) is 11.6 Å². The fourth-order valence-corrected chi connectivity index (χ4v) is 3.26. The number of hydrogen-bond acceptors (Lipinski definition) is 2. The Morgan fingerprint density at radius 2 is 2.00 bits per heavy atom. The van der Waals surface area contributed by atoms with Crippen LogP contribution in [0.25, 0.3) is 5.52 Å². The molecule has 22 heavy (non-hydrogen) atoms. The van der Waals surface area contributed by atoms with Gasteiger partial charge < -0.3 is 4.90 Å². The lowest BCUT2D eigenvalue weighted by Gasteiger charge is -2.27. The van der Waals surface area contributed by atoms with Crippen LogP contribution in [-0.4, -0.2) is 16.2 Å². The first kappa shape index (κ1) is 13.2. The van der Waals surface area contributed by atoms with Crippen molar-refractivity contribution in [2.45, 2.75) is 18.9 Å². The molecular formula is C17H15F2N3. The summed E-state index contributed by atoms with van der Waals surface area (Å²) in [6.07, 6.45) is 5.42. The zero-order valence-corrected chi connectivity index (χ0v) is 11.9. The minimum Gasteiger partial charge on any atom is -0.364 e. The summed E-state index contributed by atoms with van der Waals surface area (Å²) in [5, 5.41) is 4.18. The minimum absolute atomic E-state index is 0.124. The van der Waals surface area contributed by atoms with Crippen LogP contribution >= 0.6 is 0 Å².